The molecule has 1 aromatic rings. The number of carbonyl (C=O) groups is 3. The van der Waals surface area contributed by atoms with E-state index in [1.165, 1.54) is 6.92 Å². The fraction of sp³-hybridized carbons (Fsp3) is 0.500. The van der Waals surface area contributed by atoms with Gasteiger partial charge < -0.3 is 15.5 Å². The van der Waals surface area contributed by atoms with Crippen LogP contribution in [0.1, 0.15) is 45.1 Å². The lowest BCUT2D eigenvalue weighted by Crippen LogP contribution is -2.43. The Hall–Kier alpha value is -2.37. The van der Waals surface area contributed by atoms with Crippen LogP contribution in [0.5, 0.6) is 0 Å². The van der Waals surface area contributed by atoms with E-state index in [0.29, 0.717) is 30.8 Å². The van der Waals surface area contributed by atoms with Crippen molar-refractivity contribution in [2.24, 2.45) is 0 Å². The number of likely N-dealkylation sites (tertiary alicyclic amines) is 1. The molecule has 1 aromatic carbocycles. The van der Waals surface area contributed by atoms with Crippen molar-refractivity contribution in [3.63, 3.8) is 0 Å². The van der Waals surface area contributed by atoms with Crippen molar-refractivity contribution < 1.29 is 14.4 Å². The summed E-state index contributed by atoms with van der Waals surface area (Å²) in [4.78, 5) is 37.6. The Morgan fingerprint density at radius 2 is 2.00 bits per heavy atom. The zero-order chi connectivity index (χ0) is 17.7. The van der Waals surface area contributed by atoms with Gasteiger partial charge in [0.25, 0.3) is 0 Å². The minimum atomic E-state index is -0.409. The number of amides is 3. The van der Waals surface area contributed by atoms with E-state index in [2.05, 4.69) is 10.6 Å². The van der Waals surface area contributed by atoms with Gasteiger partial charge in [-0.15, -0.1) is 0 Å². The average Bonchev–Trinajstić information content (AvgIpc) is 3.00. The Bertz CT molecular complexity index is 642. The molecule has 1 fully saturated rings. The van der Waals surface area contributed by atoms with Gasteiger partial charge in [0.2, 0.25) is 17.7 Å². The summed E-state index contributed by atoms with van der Waals surface area (Å²) in [5.41, 5.74) is 2.19. The number of nitrogens with zero attached hydrogens (tertiary/aromatic N) is 1. The molecule has 0 spiro atoms. The van der Waals surface area contributed by atoms with Crippen LogP contribution < -0.4 is 10.6 Å². The molecule has 1 unspecified atom stereocenters. The zero-order valence-electron chi connectivity index (χ0n) is 14.5. The highest BCUT2D eigenvalue weighted by atomic mass is 16.2. The molecule has 1 saturated heterocycles. The van der Waals surface area contributed by atoms with E-state index < -0.39 is 6.04 Å². The van der Waals surface area contributed by atoms with Crippen molar-refractivity contribution in [2.75, 3.05) is 17.2 Å². The van der Waals surface area contributed by atoms with Crippen LogP contribution in [0.2, 0.25) is 0 Å². The molecular formula is C18H25N3O3. The van der Waals surface area contributed by atoms with Gasteiger partial charge >= 0.3 is 0 Å². The number of nitrogens with one attached hydrogen (secondary N) is 2. The monoisotopic (exact) mass is 331 g/mol. The Morgan fingerprint density at radius 3 is 2.67 bits per heavy atom. The molecule has 1 aliphatic rings. The molecule has 1 heterocycles. The minimum absolute atomic E-state index is 0.0406. The van der Waals surface area contributed by atoms with Crippen LogP contribution in [0.3, 0.4) is 0 Å². The maximum absolute atomic E-state index is 12.6. The normalized spacial score (nSPS) is 16.8. The maximum Gasteiger partial charge on any atom is 0.247 e. The molecule has 24 heavy (non-hydrogen) atoms. The quantitative estimate of drug-likeness (QED) is 0.871. The summed E-state index contributed by atoms with van der Waals surface area (Å²) >= 11 is 0. The number of carbonyl (C=O) groups excluding carboxylic acids is 3. The van der Waals surface area contributed by atoms with Crippen molar-refractivity contribution in [2.45, 2.75) is 52.5 Å². The predicted octanol–water partition coefficient (Wildman–Crippen LogP) is 2.68. The van der Waals surface area contributed by atoms with Crippen LogP contribution in [-0.2, 0) is 14.4 Å². The predicted molar refractivity (Wildman–Crippen MR) is 93.8 cm³/mol. The fourth-order valence-electron chi connectivity index (χ4n) is 2.95. The number of aryl methyl sites for hydroxylation is 1. The van der Waals surface area contributed by atoms with E-state index in [1.807, 2.05) is 19.9 Å². The first-order valence-corrected chi connectivity index (χ1v) is 8.41. The van der Waals surface area contributed by atoms with Crippen LogP contribution in [0.15, 0.2) is 18.2 Å². The molecule has 130 valence electrons. The molecule has 6 heteroatoms. The molecule has 0 aromatic heterocycles. The number of rotatable bonds is 5. The molecule has 0 radical (unpaired) electrons. The number of hydrogen-bond acceptors (Lipinski definition) is 3. The topological polar surface area (TPSA) is 78.5 Å². The second-order valence-electron chi connectivity index (χ2n) is 6.20. The van der Waals surface area contributed by atoms with E-state index in [0.717, 1.165) is 18.4 Å². The number of anilines is 2. The largest absolute Gasteiger partial charge is 0.331 e. The summed E-state index contributed by atoms with van der Waals surface area (Å²) in [5, 5.41) is 5.61. The smallest absolute Gasteiger partial charge is 0.247 e. The Kier molecular flexibility index (Phi) is 5.95. The van der Waals surface area contributed by atoms with Gasteiger partial charge in [-0.25, -0.2) is 0 Å². The van der Waals surface area contributed by atoms with Crippen molar-refractivity contribution in [3.05, 3.63) is 23.8 Å². The first kappa shape index (κ1) is 18.0. The maximum atomic E-state index is 12.6. The SMILES string of the molecule is CCCC(=O)N1CCCC1C(=O)Nc1cc(NC(C)=O)ccc1C. The van der Waals surface area contributed by atoms with Crippen molar-refractivity contribution in [3.8, 4) is 0 Å². The zero-order valence-corrected chi connectivity index (χ0v) is 14.5. The number of hydrogen-bond donors (Lipinski definition) is 2. The van der Waals surface area contributed by atoms with Gasteiger partial charge in [-0.2, -0.15) is 0 Å². The lowest BCUT2D eigenvalue weighted by molar-refractivity contribution is -0.136. The molecule has 0 saturated carbocycles. The summed E-state index contributed by atoms with van der Waals surface area (Å²) in [6, 6.07) is 4.96. The van der Waals surface area contributed by atoms with Crippen LogP contribution in [0, 0.1) is 6.92 Å². The van der Waals surface area contributed by atoms with Gasteiger partial charge in [0.1, 0.15) is 6.04 Å². The highest BCUT2D eigenvalue weighted by molar-refractivity contribution is 5.99. The molecule has 0 bridgehead atoms. The van der Waals surface area contributed by atoms with E-state index in [9.17, 15) is 14.4 Å². The van der Waals surface area contributed by atoms with E-state index in [4.69, 9.17) is 0 Å². The van der Waals surface area contributed by atoms with Crippen LogP contribution in [0.4, 0.5) is 11.4 Å². The molecule has 2 N–H and O–H groups in total. The van der Waals surface area contributed by atoms with E-state index in [1.54, 1.807) is 17.0 Å². The lowest BCUT2D eigenvalue weighted by Gasteiger charge is -2.24. The van der Waals surface area contributed by atoms with Gasteiger partial charge in [0.05, 0.1) is 0 Å². The van der Waals surface area contributed by atoms with Gasteiger partial charge in [-0.1, -0.05) is 13.0 Å². The van der Waals surface area contributed by atoms with Crippen LogP contribution in [-0.4, -0.2) is 35.2 Å². The van der Waals surface area contributed by atoms with Gasteiger partial charge in [-0.05, 0) is 43.9 Å². The summed E-state index contributed by atoms with van der Waals surface area (Å²) in [6.45, 7) is 5.93. The highest BCUT2D eigenvalue weighted by Crippen LogP contribution is 2.24. The van der Waals surface area contributed by atoms with Crippen LogP contribution in [0.25, 0.3) is 0 Å². The van der Waals surface area contributed by atoms with Crippen LogP contribution >= 0.6 is 0 Å². The fourth-order valence-corrected chi connectivity index (χ4v) is 2.95. The third-order valence-corrected chi connectivity index (χ3v) is 4.16. The van der Waals surface area contributed by atoms with E-state index in [-0.39, 0.29) is 17.7 Å². The second kappa shape index (κ2) is 7.95. The van der Waals surface area contributed by atoms with Gasteiger partial charge in [0.15, 0.2) is 0 Å². The second-order valence-corrected chi connectivity index (χ2v) is 6.20. The standard InChI is InChI=1S/C18H25N3O3/c1-4-6-17(23)21-10-5-7-16(21)18(24)20-15-11-14(19-13(3)22)9-8-12(15)2/h8-9,11,16H,4-7,10H2,1-3H3,(H,19,22)(H,20,24). The molecule has 6 nitrogen and oxygen atoms in total. The molecule has 2 rings (SSSR count). The molecule has 3 amide bonds. The first-order chi connectivity index (χ1) is 11.4. The lowest BCUT2D eigenvalue weighted by atomic mass is 10.1. The van der Waals surface area contributed by atoms with E-state index >= 15 is 0 Å². The third kappa shape index (κ3) is 4.34. The first-order valence-electron chi connectivity index (χ1n) is 8.41. The van der Waals surface area contributed by atoms with Gasteiger partial charge in [0, 0.05) is 31.3 Å². The molecule has 1 atom stereocenters. The highest BCUT2D eigenvalue weighted by Gasteiger charge is 2.33. The Morgan fingerprint density at radius 1 is 1.25 bits per heavy atom. The third-order valence-electron chi connectivity index (χ3n) is 4.16. The summed E-state index contributed by atoms with van der Waals surface area (Å²) in [7, 11) is 0. The Balaban J connectivity index is 2.11. The average molecular weight is 331 g/mol. The molecule has 1 aliphatic heterocycles. The minimum Gasteiger partial charge on any atom is -0.331 e. The summed E-state index contributed by atoms with van der Waals surface area (Å²) in [6.07, 6.45) is 2.78. The molecule has 0 aliphatic carbocycles. The number of benzene rings is 1. The van der Waals surface area contributed by atoms with Crippen molar-refractivity contribution in [1.29, 1.82) is 0 Å². The van der Waals surface area contributed by atoms with Crippen molar-refractivity contribution >= 4 is 29.1 Å². The van der Waals surface area contributed by atoms with Crippen molar-refractivity contribution in [1.82, 2.24) is 4.90 Å². The van der Waals surface area contributed by atoms with Gasteiger partial charge in [-0.3, -0.25) is 14.4 Å². The summed E-state index contributed by atoms with van der Waals surface area (Å²) in [5.74, 6) is -0.290. The Labute approximate surface area is 142 Å². The summed E-state index contributed by atoms with van der Waals surface area (Å²) < 4.78 is 0. The molecular weight excluding hydrogens is 306 g/mol.